The lowest BCUT2D eigenvalue weighted by atomic mass is 10.1. The van der Waals surface area contributed by atoms with E-state index in [0.29, 0.717) is 11.8 Å². The van der Waals surface area contributed by atoms with Gasteiger partial charge in [0.15, 0.2) is 5.96 Å². The lowest BCUT2D eigenvalue weighted by Crippen LogP contribution is -2.39. The number of aliphatic imine (C=N–C) groups is 1. The van der Waals surface area contributed by atoms with Crippen molar-refractivity contribution in [2.45, 2.75) is 46.0 Å². The number of hydrogen-bond donors (Lipinski definition) is 2. The van der Waals surface area contributed by atoms with E-state index in [1.165, 1.54) is 38.9 Å². The van der Waals surface area contributed by atoms with Gasteiger partial charge < -0.3 is 25.0 Å². The Morgan fingerprint density at radius 1 is 1.26 bits per heavy atom. The average molecular weight is 496 g/mol. The van der Waals surface area contributed by atoms with Gasteiger partial charge in [0.25, 0.3) is 0 Å². The maximum atomic E-state index is 5.76. The zero-order valence-electron chi connectivity index (χ0n) is 17.4. The lowest BCUT2D eigenvalue weighted by Gasteiger charge is -2.28. The third-order valence-electron chi connectivity index (χ3n) is 5.06. The molecule has 0 saturated carbocycles. The fourth-order valence-corrected chi connectivity index (χ4v) is 3.58. The monoisotopic (exact) mass is 496 g/mol. The van der Waals surface area contributed by atoms with Crippen molar-refractivity contribution >= 4 is 29.9 Å². The van der Waals surface area contributed by atoms with E-state index in [1.807, 2.05) is 0 Å². The summed E-state index contributed by atoms with van der Waals surface area (Å²) in [7, 11) is 0. The van der Waals surface area contributed by atoms with Crippen LogP contribution in [0.2, 0.25) is 0 Å². The molecule has 2 atom stereocenters. The summed E-state index contributed by atoms with van der Waals surface area (Å²) in [4.78, 5) is 7.36. The van der Waals surface area contributed by atoms with Gasteiger partial charge in [-0.15, -0.1) is 24.0 Å². The Balaban J connectivity index is 0.00000364. The molecular weight excluding hydrogens is 455 g/mol. The van der Waals surface area contributed by atoms with Crippen molar-refractivity contribution in [3.05, 3.63) is 0 Å². The minimum atomic E-state index is 0. The van der Waals surface area contributed by atoms with Gasteiger partial charge in [0.2, 0.25) is 0 Å². The second-order valence-electron chi connectivity index (χ2n) is 7.77. The van der Waals surface area contributed by atoms with Crippen LogP contribution in [-0.4, -0.2) is 76.6 Å². The number of hydrogen-bond acceptors (Lipinski definition) is 4. The summed E-state index contributed by atoms with van der Waals surface area (Å²) < 4.78 is 11.1. The number of likely N-dealkylation sites (tertiary alicyclic amines) is 1. The second-order valence-corrected chi connectivity index (χ2v) is 7.77. The van der Waals surface area contributed by atoms with Crippen LogP contribution in [0, 0.1) is 11.8 Å². The molecule has 2 N–H and O–H groups in total. The third-order valence-corrected chi connectivity index (χ3v) is 5.06. The molecule has 2 aliphatic heterocycles. The van der Waals surface area contributed by atoms with Crippen LogP contribution in [0.15, 0.2) is 4.99 Å². The highest BCUT2D eigenvalue weighted by atomic mass is 127. The van der Waals surface area contributed by atoms with Crippen molar-refractivity contribution in [1.29, 1.82) is 0 Å². The Morgan fingerprint density at radius 2 is 2.07 bits per heavy atom. The smallest absolute Gasteiger partial charge is 0.191 e. The molecule has 2 heterocycles. The molecule has 0 amide bonds. The molecule has 0 spiro atoms. The van der Waals surface area contributed by atoms with Gasteiger partial charge in [-0.3, -0.25) is 4.99 Å². The molecule has 2 aliphatic rings. The minimum Gasteiger partial charge on any atom is -0.381 e. The first-order valence-corrected chi connectivity index (χ1v) is 10.7. The zero-order chi connectivity index (χ0) is 18.5. The van der Waals surface area contributed by atoms with Gasteiger partial charge in [-0.25, -0.2) is 0 Å². The standard InChI is InChI=1S/C20H40N4O2.HI/c1-3-21-20(22-9-7-12-25-16-19-8-13-26-17-19)23-14-18(2)15-24-10-5-4-6-11-24;/h18-19H,3-17H2,1-2H3,(H2,21,22,23);1H. The number of piperidine rings is 1. The van der Waals surface area contributed by atoms with E-state index < -0.39 is 0 Å². The van der Waals surface area contributed by atoms with Crippen LogP contribution in [-0.2, 0) is 9.47 Å². The highest BCUT2D eigenvalue weighted by molar-refractivity contribution is 14.0. The molecule has 2 saturated heterocycles. The van der Waals surface area contributed by atoms with Crippen LogP contribution >= 0.6 is 24.0 Å². The number of ether oxygens (including phenoxy) is 2. The van der Waals surface area contributed by atoms with E-state index in [1.54, 1.807) is 0 Å². The van der Waals surface area contributed by atoms with Gasteiger partial charge >= 0.3 is 0 Å². The van der Waals surface area contributed by atoms with Crippen molar-refractivity contribution < 1.29 is 9.47 Å². The van der Waals surface area contributed by atoms with Gasteiger partial charge in [0.05, 0.1) is 13.2 Å². The second kappa shape index (κ2) is 15.8. The molecule has 6 nitrogen and oxygen atoms in total. The Bertz CT molecular complexity index is 386. The fourth-order valence-electron chi connectivity index (χ4n) is 3.58. The molecule has 27 heavy (non-hydrogen) atoms. The number of nitrogens with zero attached hydrogens (tertiary/aromatic N) is 2. The largest absolute Gasteiger partial charge is 0.381 e. The van der Waals surface area contributed by atoms with E-state index >= 15 is 0 Å². The summed E-state index contributed by atoms with van der Waals surface area (Å²) in [6.07, 6.45) is 6.26. The maximum Gasteiger partial charge on any atom is 0.191 e. The third kappa shape index (κ3) is 11.5. The van der Waals surface area contributed by atoms with E-state index in [9.17, 15) is 0 Å². The Hall–Kier alpha value is -0.120. The van der Waals surface area contributed by atoms with Crippen LogP contribution < -0.4 is 10.6 Å². The van der Waals surface area contributed by atoms with Crippen LogP contribution in [0.1, 0.15) is 46.0 Å². The quantitative estimate of drug-likeness (QED) is 0.200. The average Bonchev–Trinajstić information content (AvgIpc) is 3.16. The van der Waals surface area contributed by atoms with Crippen molar-refractivity contribution in [2.24, 2.45) is 16.8 Å². The first kappa shape index (κ1) is 24.9. The normalized spacial score (nSPS) is 22.3. The highest BCUT2D eigenvalue weighted by Crippen LogP contribution is 2.12. The molecule has 0 aromatic carbocycles. The molecule has 0 bridgehead atoms. The molecule has 0 aromatic rings. The molecule has 7 heteroatoms. The number of halogens is 1. The Labute approximate surface area is 183 Å². The molecule has 2 rings (SSSR count). The van der Waals surface area contributed by atoms with Crippen molar-refractivity contribution in [3.63, 3.8) is 0 Å². The first-order chi connectivity index (χ1) is 12.8. The van der Waals surface area contributed by atoms with E-state index in [2.05, 4.69) is 29.4 Å². The maximum absolute atomic E-state index is 5.76. The minimum absolute atomic E-state index is 0. The van der Waals surface area contributed by atoms with Crippen LogP contribution in [0.4, 0.5) is 0 Å². The summed E-state index contributed by atoms with van der Waals surface area (Å²) in [5, 5.41) is 6.77. The molecule has 0 radical (unpaired) electrons. The number of rotatable bonds is 11. The molecule has 0 aliphatic carbocycles. The predicted octanol–water partition coefficient (Wildman–Crippen LogP) is 2.72. The fraction of sp³-hybridized carbons (Fsp3) is 0.950. The van der Waals surface area contributed by atoms with E-state index in [-0.39, 0.29) is 24.0 Å². The SMILES string of the molecule is CCNC(=NCC(C)CN1CCCCC1)NCCCOCC1CCOC1.I. The van der Waals surface area contributed by atoms with E-state index in [4.69, 9.17) is 14.5 Å². The summed E-state index contributed by atoms with van der Waals surface area (Å²) >= 11 is 0. The zero-order valence-corrected chi connectivity index (χ0v) is 19.7. The number of guanidine groups is 1. The topological polar surface area (TPSA) is 58.1 Å². The van der Waals surface area contributed by atoms with Crippen LogP contribution in [0.5, 0.6) is 0 Å². The molecule has 160 valence electrons. The highest BCUT2D eigenvalue weighted by Gasteiger charge is 2.15. The van der Waals surface area contributed by atoms with E-state index in [0.717, 1.165) is 64.9 Å². The summed E-state index contributed by atoms with van der Waals surface area (Å²) in [6.45, 7) is 14.2. The van der Waals surface area contributed by atoms with Crippen molar-refractivity contribution in [2.75, 3.05) is 65.7 Å². The molecule has 0 aromatic heterocycles. The summed E-state index contributed by atoms with van der Waals surface area (Å²) in [5.74, 6) is 2.13. The van der Waals surface area contributed by atoms with Crippen LogP contribution in [0.25, 0.3) is 0 Å². The number of nitrogens with one attached hydrogen (secondary N) is 2. The predicted molar refractivity (Wildman–Crippen MR) is 123 cm³/mol. The van der Waals surface area contributed by atoms with Gasteiger partial charge in [-0.05, 0) is 51.6 Å². The van der Waals surface area contributed by atoms with Gasteiger partial charge in [0, 0.05) is 45.3 Å². The van der Waals surface area contributed by atoms with Crippen molar-refractivity contribution in [1.82, 2.24) is 15.5 Å². The molecule has 2 unspecified atom stereocenters. The van der Waals surface area contributed by atoms with Crippen LogP contribution in [0.3, 0.4) is 0 Å². The Morgan fingerprint density at radius 3 is 2.78 bits per heavy atom. The summed E-state index contributed by atoms with van der Waals surface area (Å²) in [6, 6.07) is 0. The molecular formula is C20H41IN4O2. The first-order valence-electron chi connectivity index (χ1n) is 10.7. The lowest BCUT2D eigenvalue weighted by molar-refractivity contribution is 0.0888. The van der Waals surface area contributed by atoms with Gasteiger partial charge in [0.1, 0.15) is 0 Å². The van der Waals surface area contributed by atoms with Gasteiger partial charge in [-0.1, -0.05) is 13.3 Å². The summed E-state index contributed by atoms with van der Waals surface area (Å²) in [5.41, 5.74) is 0. The Kier molecular flexibility index (Phi) is 14.5. The molecule has 2 fully saturated rings. The van der Waals surface area contributed by atoms with Gasteiger partial charge in [-0.2, -0.15) is 0 Å². The van der Waals surface area contributed by atoms with Crippen molar-refractivity contribution in [3.8, 4) is 0 Å².